The lowest BCUT2D eigenvalue weighted by Crippen LogP contribution is -2.10. The van der Waals surface area contributed by atoms with E-state index in [1.165, 1.54) is 17.6 Å². The molecule has 0 aliphatic carbocycles. The first-order valence-electron chi connectivity index (χ1n) is 7.73. The summed E-state index contributed by atoms with van der Waals surface area (Å²) in [5.41, 5.74) is 2.41. The highest BCUT2D eigenvalue weighted by atomic mass is 35.5. The number of amides is 1. The zero-order chi connectivity index (χ0) is 17.9. The maximum Gasteiger partial charge on any atom is 0.292 e. The maximum atomic E-state index is 12.4. The van der Waals surface area contributed by atoms with Gasteiger partial charge in [-0.2, -0.15) is 0 Å². The number of furan rings is 1. The number of halogens is 1. The van der Waals surface area contributed by atoms with Crippen LogP contribution in [0.25, 0.3) is 21.8 Å². The molecule has 7 heteroatoms. The molecule has 0 unspecified atom stereocenters. The van der Waals surface area contributed by atoms with Gasteiger partial charge in [0.1, 0.15) is 15.7 Å². The summed E-state index contributed by atoms with van der Waals surface area (Å²) in [5, 5.41) is 4.92. The fraction of sp³-hybridized carbons (Fsp3) is 0. The number of thiazole rings is 1. The van der Waals surface area contributed by atoms with Crippen molar-refractivity contribution in [1.29, 1.82) is 0 Å². The van der Waals surface area contributed by atoms with Gasteiger partial charge in [-0.1, -0.05) is 35.1 Å². The molecule has 3 aromatic heterocycles. The lowest BCUT2D eigenvalue weighted by molar-refractivity contribution is 0.0997. The number of rotatable bonds is 4. The van der Waals surface area contributed by atoms with Crippen LogP contribution in [0.5, 0.6) is 0 Å². The van der Waals surface area contributed by atoms with E-state index in [4.69, 9.17) is 21.0 Å². The van der Waals surface area contributed by atoms with Crippen LogP contribution in [0.4, 0.5) is 5.00 Å². The Hall–Kier alpha value is -2.96. The SMILES string of the molecule is O=C(Nc1sc(-c2cccnc2)nc1-c1ccc(Cl)cc1)c1ccco1. The molecule has 4 aromatic rings. The first kappa shape index (κ1) is 16.5. The van der Waals surface area contributed by atoms with Crippen molar-refractivity contribution in [1.82, 2.24) is 9.97 Å². The van der Waals surface area contributed by atoms with E-state index < -0.39 is 0 Å². The minimum Gasteiger partial charge on any atom is -0.459 e. The summed E-state index contributed by atoms with van der Waals surface area (Å²) in [6, 6.07) is 14.4. The van der Waals surface area contributed by atoms with Gasteiger partial charge in [0, 0.05) is 28.5 Å². The molecule has 5 nitrogen and oxygen atoms in total. The highest BCUT2D eigenvalue weighted by Crippen LogP contribution is 2.38. The molecule has 0 aliphatic rings. The highest BCUT2D eigenvalue weighted by molar-refractivity contribution is 7.19. The molecule has 1 N–H and O–H groups in total. The molecule has 128 valence electrons. The predicted octanol–water partition coefficient (Wildman–Crippen LogP) is 5.37. The summed E-state index contributed by atoms with van der Waals surface area (Å²) in [6.45, 7) is 0. The second-order valence-corrected chi connectivity index (χ2v) is 6.81. The monoisotopic (exact) mass is 381 g/mol. The first-order valence-corrected chi connectivity index (χ1v) is 8.92. The summed E-state index contributed by atoms with van der Waals surface area (Å²) < 4.78 is 5.16. The molecule has 0 atom stereocenters. The quantitative estimate of drug-likeness (QED) is 0.516. The van der Waals surface area contributed by atoms with Crippen LogP contribution in [0, 0.1) is 0 Å². The number of pyridine rings is 1. The van der Waals surface area contributed by atoms with E-state index in [0.29, 0.717) is 15.7 Å². The fourth-order valence-corrected chi connectivity index (χ4v) is 3.49. The second kappa shape index (κ2) is 7.11. The molecule has 0 saturated carbocycles. The number of nitrogens with one attached hydrogen (secondary N) is 1. The van der Waals surface area contributed by atoms with Gasteiger partial charge in [0.25, 0.3) is 5.91 Å². The molecule has 0 bridgehead atoms. The Kier molecular flexibility index (Phi) is 4.51. The predicted molar refractivity (Wildman–Crippen MR) is 102 cm³/mol. The first-order chi connectivity index (χ1) is 12.7. The number of hydrogen-bond acceptors (Lipinski definition) is 5. The summed E-state index contributed by atoms with van der Waals surface area (Å²) in [7, 11) is 0. The van der Waals surface area contributed by atoms with Crippen LogP contribution in [0.15, 0.2) is 71.6 Å². The molecule has 3 heterocycles. The van der Waals surface area contributed by atoms with Crippen LogP contribution < -0.4 is 5.32 Å². The van der Waals surface area contributed by atoms with Crippen LogP contribution in [-0.2, 0) is 0 Å². The average molecular weight is 382 g/mol. The van der Waals surface area contributed by atoms with E-state index in [9.17, 15) is 4.79 Å². The number of nitrogens with zero attached hydrogens (tertiary/aromatic N) is 2. The normalized spacial score (nSPS) is 10.7. The van der Waals surface area contributed by atoms with E-state index in [-0.39, 0.29) is 11.7 Å². The molecule has 4 rings (SSSR count). The summed E-state index contributed by atoms with van der Waals surface area (Å²) in [6.07, 6.45) is 4.90. The zero-order valence-electron chi connectivity index (χ0n) is 13.3. The van der Waals surface area contributed by atoms with Crippen molar-refractivity contribution in [3.8, 4) is 21.8 Å². The molecular formula is C19H12ClN3O2S. The van der Waals surface area contributed by atoms with Crippen LogP contribution >= 0.6 is 22.9 Å². The third-order valence-electron chi connectivity index (χ3n) is 3.63. The Morgan fingerprint density at radius 3 is 2.62 bits per heavy atom. The van der Waals surface area contributed by atoms with Crippen molar-refractivity contribution >= 4 is 33.8 Å². The maximum absolute atomic E-state index is 12.4. The zero-order valence-corrected chi connectivity index (χ0v) is 14.9. The van der Waals surface area contributed by atoms with Gasteiger partial charge in [-0.3, -0.25) is 9.78 Å². The van der Waals surface area contributed by atoms with Gasteiger partial charge in [0.2, 0.25) is 0 Å². The van der Waals surface area contributed by atoms with E-state index >= 15 is 0 Å². The van der Waals surface area contributed by atoms with Gasteiger partial charge in [-0.15, -0.1) is 0 Å². The Bertz CT molecular complexity index is 1030. The van der Waals surface area contributed by atoms with Crippen molar-refractivity contribution < 1.29 is 9.21 Å². The molecule has 0 fully saturated rings. The number of anilines is 1. The van der Waals surface area contributed by atoms with Crippen LogP contribution in [0.3, 0.4) is 0 Å². The van der Waals surface area contributed by atoms with Crippen molar-refractivity contribution in [2.45, 2.75) is 0 Å². The topological polar surface area (TPSA) is 68.0 Å². The fourth-order valence-electron chi connectivity index (χ4n) is 2.39. The average Bonchev–Trinajstić information content (AvgIpc) is 3.33. The van der Waals surface area contributed by atoms with Gasteiger partial charge in [-0.25, -0.2) is 4.98 Å². The van der Waals surface area contributed by atoms with Gasteiger partial charge in [-0.05, 0) is 36.4 Å². The van der Waals surface area contributed by atoms with Gasteiger partial charge < -0.3 is 9.73 Å². The third-order valence-corrected chi connectivity index (χ3v) is 4.90. The van der Waals surface area contributed by atoms with E-state index in [2.05, 4.69) is 10.3 Å². The Morgan fingerprint density at radius 1 is 1.08 bits per heavy atom. The van der Waals surface area contributed by atoms with Crippen molar-refractivity contribution in [2.75, 3.05) is 5.32 Å². The molecule has 26 heavy (non-hydrogen) atoms. The summed E-state index contributed by atoms with van der Waals surface area (Å²) in [4.78, 5) is 21.2. The second-order valence-electron chi connectivity index (χ2n) is 5.38. The van der Waals surface area contributed by atoms with E-state index in [0.717, 1.165) is 16.1 Å². The molecular weight excluding hydrogens is 370 g/mol. The third kappa shape index (κ3) is 3.37. The lowest BCUT2D eigenvalue weighted by Gasteiger charge is -2.04. The van der Waals surface area contributed by atoms with Crippen molar-refractivity contribution in [3.63, 3.8) is 0 Å². The molecule has 0 aliphatic heterocycles. The lowest BCUT2D eigenvalue weighted by atomic mass is 10.1. The molecule has 1 aromatic carbocycles. The van der Waals surface area contributed by atoms with Gasteiger partial charge in [0.15, 0.2) is 5.76 Å². The molecule has 0 saturated heterocycles. The van der Waals surface area contributed by atoms with Crippen LogP contribution in [0.2, 0.25) is 5.02 Å². The Labute approximate surface area is 158 Å². The Balaban J connectivity index is 1.76. The number of hydrogen-bond donors (Lipinski definition) is 1. The van der Waals surface area contributed by atoms with Crippen LogP contribution in [0.1, 0.15) is 10.6 Å². The van der Waals surface area contributed by atoms with Gasteiger partial charge in [0.05, 0.1) is 6.26 Å². The largest absolute Gasteiger partial charge is 0.459 e. The minimum absolute atomic E-state index is 0.239. The number of aromatic nitrogens is 2. The van der Waals surface area contributed by atoms with Crippen LogP contribution in [-0.4, -0.2) is 15.9 Å². The standard InChI is InChI=1S/C19H12ClN3O2S/c20-14-7-5-12(6-8-14)16-19(23-17(24)15-4-2-10-25-15)26-18(22-16)13-3-1-9-21-11-13/h1-11H,(H,23,24). The van der Waals surface area contributed by atoms with Crippen molar-refractivity contribution in [3.05, 3.63) is 78.0 Å². The highest BCUT2D eigenvalue weighted by Gasteiger charge is 2.18. The molecule has 1 amide bonds. The number of benzene rings is 1. The van der Waals surface area contributed by atoms with Gasteiger partial charge >= 0.3 is 0 Å². The number of carbonyl (C=O) groups excluding carboxylic acids is 1. The summed E-state index contributed by atoms with van der Waals surface area (Å²) in [5.74, 6) is -0.0880. The molecule has 0 spiro atoms. The van der Waals surface area contributed by atoms with E-state index in [1.807, 2.05) is 24.3 Å². The smallest absolute Gasteiger partial charge is 0.292 e. The van der Waals surface area contributed by atoms with E-state index in [1.54, 1.807) is 36.7 Å². The Morgan fingerprint density at radius 2 is 1.92 bits per heavy atom. The number of carbonyl (C=O) groups is 1. The minimum atomic E-state index is -0.327. The summed E-state index contributed by atoms with van der Waals surface area (Å²) >= 11 is 7.36. The van der Waals surface area contributed by atoms with Crippen molar-refractivity contribution in [2.24, 2.45) is 0 Å². The molecule has 0 radical (unpaired) electrons.